The molecule has 0 saturated carbocycles. The van der Waals surface area contributed by atoms with E-state index in [0.29, 0.717) is 33.5 Å². The van der Waals surface area contributed by atoms with Crippen molar-refractivity contribution < 1.29 is 0 Å². The quantitative estimate of drug-likeness (QED) is 0.138. The Morgan fingerprint density at radius 3 is 1.53 bits per heavy atom. The van der Waals surface area contributed by atoms with Crippen LogP contribution in [0.25, 0.3) is 87.3 Å². The first-order chi connectivity index (χ1) is 26.1. The zero-order chi connectivity index (χ0) is 36.1. The van der Waals surface area contributed by atoms with E-state index in [4.69, 9.17) is 6.57 Å². The molecule has 1 aromatic heterocycles. The first-order valence-corrected chi connectivity index (χ1v) is 17.1. The topological polar surface area (TPSA) is 80.7 Å². The molecule has 242 valence electrons. The highest BCUT2D eigenvalue weighted by Gasteiger charge is 2.20. The summed E-state index contributed by atoms with van der Waals surface area (Å²) in [7, 11) is 0. The molecule has 0 N–H and O–H groups in total. The van der Waals surface area contributed by atoms with E-state index in [0.717, 1.165) is 65.7 Å². The molecule has 1 heterocycles. The standard InChI is InChI=1S/C48H25N5/c1-52-44-20-19-35(53-45-21-15-30(27-49)23-42(45)43-24-31(28-50)16-22-46(43)53)26-41(44)40-25-33(17-18-34(40)29-51)48-38-13-7-5-11-36(38)47(32-9-3-2-4-10-32)37-12-6-8-14-39(37)48/h2-26H. The number of benzene rings is 8. The molecule has 0 atom stereocenters. The molecule has 53 heavy (non-hydrogen) atoms. The van der Waals surface area contributed by atoms with Crippen molar-refractivity contribution in [3.05, 3.63) is 180 Å². The summed E-state index contributed by atoms with van der Waals surface area (Å²) < 4.78 is 2.09. The van der Waals surface area contributed by atoms with E-state index in [-0.39, 0.29) is 0 Å². The van der Waals surface area contributed by atoms with E-state index >= 15 is 0 Å². The minimum Gasteiger partial charge on any atom is -0.309 e. The molecular formula is C48H25N5. The number of nitrogens with zero attached hydrogens (tertiary/aromatic N) is 5. The molecule has 0 radical (unpaired) electrons. The highest BCUT2D eigenvalue weighted by atomic mass is 15.0. The Kier molecular flexibility index (Phi) is 7.28. The van der Waals surface area contributed by atoms with Gasteiger partial charge in [0.15, 0.2) is 5.69 Å². The summed E-state index contributed by atoms with van der Waals surface area (Å²) in [5.41, 5.74) is 10.1. The van der Waals surface area contributed by atoms with E-state index < -0.39 is 0 Å². The highest BCUT2D eigenvalue weighted by molar-refractivity contribution is 6.21. The van der Waals surface area contributed by atoms with Crippen molar-refractivity contribution in [3.63, 3.8) is 0 Å². The van der Waals surface area contributed by atoms with Crippen molar-refractivity contribution in [2.75, 3.05) is 0 Å². The highest BCUT2D eigenvalue weighted by Crippen LogP contribution is 2.45. The molecular weight excluding hydrogens is 647 g/mol. The molecule has 0 bridgehead atoms. The van der Waals surface area contributed by atoms with Crippen LogP contribution in [-0.4, -0.2) is 4.57 Å². The van der Waals surface area contributed by atoms with Crippen molar-refractivity contribution in [1.29, 1.82) is 15.8 Å². The first kappa shape index (κ1) is 31.1. The summed E-state index contributed by atoms with van der Waals surface area (Å²) in [6.07, 6.45) is 0. The van der Waals surface area contributed by atoms with Crippen LogP contribution in [0.1, 0.15) is 16.7 Å². The van der Waals surface area contributed by atoms with Crippen LogP contribution in [0.4, 0.5) is 5.69 Å². The zero-order valence-corrected chi connectivity index (χ0v) is 28.2. The third kappa shape index (κ3) is 4.90. The number of rotatable bonds is 4. The largest absolute Gasteiger partial charge is 0.309 e. The van der Waals surface area contributed by atoms with E-state index in [2.05, 4.69) is 100 Å². The van der Waals surface area contributed by atoms with Gasteiger partial charge in [-0.05, 0) is 116 Å². The van der Waals surface area contributed by atoms with Gasteiger partial charge in [-0.2, -0.15) is 15.8 Å². The lowest BCUT2D eigenvalue weighted by Gasteiger charge is -2.19. The lowest BCUT2D eigenvalue weighted by Crippen LogP contribution is -1.96. The Balaban J connectivity index is 1.31. The summed E-state index contributed by atoms with van der Waals surface area (Å²) in [5.74, 6) is 0. The number of fused-ring (bicyclic) bond motifs is 5. The van der Waals surface area contributed by atoms with E-state index in [1.54, 1.807) is 18.2 Å². The van der Waals surface area contributed by atoms with Crippen LogP contribution < -0.4 is 0 Å². The third-order valence-electron chi connectivity index (χ3n) is 10.1. The normalized spacial score (nSPS) is 10.9. The molecule has 8 aromatic carbocycles. The molecule has 0 spiro atoms. The summed E-state index contributed by atoms with van der Waals surface area (Å²) in [5, 5.41) is 36.0. The second kappa shape index (κ2) is 12.4. The summed E-state index contributed by atoms with van der Waals surface area (Å²) >= 11 is 0. The second-order valence-corrected chi connectivity index (χ2v) is 12.9. The van der Waals surface area contributed by atoms with Crippen molar-refractivity contribution in [3.8, 4) is 57.3 Å². The van der Waals surface area contributed by atoms with Crippen LogP contribution in [0.5, 0.6) is 0 Å². The summed E-state index contributed by atoms with van der Waals surface area (Å²) in [6, 6.07) is 56.9. The Bertz CT molecular complexity index is 3030. The summed E-state index contributed by atoms with van der Waals surface area (Å²) in [4.78, 5) is 3.92. The maximum atomic E-state index is 10.5. The fraction of sp³-hybridized carbons (Fsp3) is 0. The molecule has 0 amide bonds. The van der Waals surface area contributed by atoms with Crippen LogP contribution in [0, 0.1) is 40.6 Å². The third-order valence-corrected chi connectivity index (χ3v) is 10.1. The molecule has 5 nitrogen and oxygen atoms in total. The van der Waals surface area contributed by atoms with E-state index in [1.165, 1.54) is 5.56 Å². The van der Waals surface area contributed by atoms with Crippen LogP contribution in [-0.2, 0) is 0 Å². The van der Waals surface area contributed by atoms with Gasteiger partial charge < -0.3 is 4.57 Å². The Morgan fingerprint density at radius 1 is 0.453 bits per heavy atom. The fourth-order valence-corrected chi connectivity index (χ4v) is 7.79. The van der Waals surface area contributed by atoms with Crippen molar-refractivity contribution in [2.45, 2.75) is 0 Å². The lowest BCUT2D eigenvalue weighted by molar-refractivity contribution is 1.18. The molecule has 0 aliphatic rings. The van der Waals surface area contributed by atoms with Gasteiger partial charge in [-0.1, -0.05) is 91.0 Å². The smallest absolute Gasteiger partial charge is 0.195 e. The van der Waals surface area contributed by atoms with Crippen molar-refractivity contribution in [1.82, 2.24) is 4.57 Å². The molecule has 0 aliphatic heterocycles. The second-order valence-electron chi connectivity index (χ2n) is 12.9. The molecule has 0 saturated heterocycles. The molecule has 9 rings (SSSR count). The molecule has 5 heteroatoms. The van der Waals surface area contributed by atoms with Gasteiger partial charge in [-0.25, -0.2) is 4.85 Å². The van der Waals surface area contributed by atoms with Gasteiger partial charge in [0.1, 0.15) is 0 Å². The Morgan fingerprint density at radius 2 is 1.00 bits per heavy atom. The maximum Gasteiger partial charge on any atom is 0.195 e. The van der Waals surface area contributed by atoms with Gasteiger partial charge in [0, 0.05) is 16.5 Å². The molecule has 9 aromatic rings. The average Bonchev–Trinajstić information content (AvgIpc) is 3.55. The zero-order valence-electron chi connectivity index (χ0n) is 28.2. The average molecular weight is 672 g/mol. The lowest BCUT2D eigenvalue weighted by atomic mass is 9.85. The van der Waals surface area contributed by atoms with Gasteiger partial charge in [0.25, 0.3) is 0 Å². The Hall–Kier alpha value is -7.96. The predicted octanol–water partition coefficient (Wildman–Crippen LogP) is 12.3. The van der Waals surface area contributed by atoms with Gasteiger partial charge in [0.05, 0.1) is 52.5 Å². The predicted molar refractivity (Wildman–Crippen MR) is 213 cm³/mol. The van der Waals surface area contributed by atoms with Gasteiger partial charge in [-0.15, -0.1) is 0 Å². The Labute approximate surface area is 305 Å². The monoisotopic (exact) mass is 671 g/mol. The van der Waals surface area contributed by atoms with E-state index in [9.17, 15) is 15.8 Å². The SMILES string of the molecule is [C-]#[N+]c1ccc(-n2c3ccc(C#N)cc3c3cc(C#N)ccc32)cc1-c1cc(-c2c3ccccc3c(-c3ccccc3)c3ccccc23)ccc1C#N. The minimum atomic E-state index is 0.427. The van der Waals surface area contributed by atoms with Crippen molar-refractivity contribution in [2.24, 2.45) is 0 Å². The first-order valence-electron chi connectivity index (χ1n) is 17.1. The van der Waals surface area contributed by atoms with Crippen LogP contribution in [0.15, 0.2) is 152 Å². The van der Waals surface area contributed by atoms with Gasteiger partial charge >= 0.3 is 0 Å². The number of aromatic nitrogens is 1. The van der Waals surface area contributed by atoms with E-state index in [1.807, 2.05) is 60.7 Å². The molecule has 0 aliphatic carbocycles. The van der Waals surface area contributed by atoms with Crippen LogP contribution in [0.3, 0.4) is 0 Å². The fourth-order valence-electron chi connectivity index (χ4n) is 7.79. The van der Waals surface area contributed by atoms with Crippen LogP contribution >= 0.6 is 0 Å². The number of hydrogen-bond donors (Lipinski definition) is 0. The van der Waals surface area contributed by atoms with Gasteiger partial charge in [-0.3, -0.25) is 0 Å². The molecule has 0 fully saturated rings. The van der Waals surface area contributed by atoms with Crippen LogP contribution in [0.2, 0.25) is 0 Å². The number of nitriles is 3. The van der Waals surface area contributed by atoms with Crippen molar-refractivity contribution >= 4 is 49.0 Å². The number of hydrogen-bond acceptors (Lipinski definition) is 3. The maximum absolute atomic E-state index is 10.5. The summed E-state index contributed by atoms with van der Waals surface area (Å²) in [6.45, 7) is 8.17. The molecule has 0 unspecified atom stereocenters. The minimum absolute atomic E-state index is 0.427. The van der Waals surface area contributed by atoms with Gasteiger partial charge in [0.2, 0.25) is 0 Å².